The van der Waals surface area contributed by atoms with Gasteiger partial charge in [-0.3, -0.25) is 5.43 Å². The predicted octanol–water partition coefficient (Wildman–Crippen LogP) is 3.01. The molecule has 1 aliphatic carbocycles. The van der Waals surface area contributed by atoms with E-state index < -0.39 is 0 Å². The van der Waals surface area contributed by atoms with Crippen molar-refractivity contribution in [3.8, 4) is 0 Å². The lowest BCUT2D eigenvalue weighted by molar-refractivity contribution is 0.308. The number of rotatable bonds is 3. The lowest BCUT2D eigenvalue weighted by Gasteiger charge is -2.30. The van der Waals surface area contributed by atoms with Gasteiger partial charge < -0.3 is 10.3 Å². The van der Waals surface area contributed by atoms with E-state index in [2.05, 4.69) is 33.8 Å². The van der Waals surface area contributed by atoms with E-state index in [1.807, 2.05) is 13.8 Å². The fourth-order valence-corrected chi connectivity index (χ4v) is 2.98. The molecule has 0 aliphatic heterocycles. The summed E-state index contributed by atoms with van der Waals surface area (Å²) in [6, 6.07) is 2.55. The Balaban J connectivity index is 1.81. The Morgan fingerprint density at radius 2 is 2.15 bits per heavy atom. The molecule has 1 heterocycles. The van der Waals surface area contributed by atoms with Gasteiger partial charge in [-0.05, 0) is 50.9 Å². The molecule has 3 N–H and O–H groups in total. The zero-order chi connectivity index (χ0) is 14.5. The van der Waals surface area contributed by atoms with Crippen molar-refractivity contribution in [3.63, 3.8) is 0 Å². The van der Waals surface area contributed by atoms with Gasteiger partial charge in [0.05, 0.1) is 6.21 Å². The second-order valence-corrected chi connectivity index (χ2v) is 6.15. The number of thiocarbonyl (C=S) groups is 1. The summed E-state index contributed by atoms with van der Waals surface area (Å²) < 4.78 is 0. The van der Waals surface area contributed by atoms with E-state index >= 15 is 0 Å². The highest BCUT2D eigenvalue weighted by molar-refractivity contribution is 7.80. The molecule has 1 aromatic heterocycles. The Labute approximate surface area is 126 Å². The van der Waals surface area contributed by atoms with Crippen LogP contribution in [-0.2, 0) is 0 Å². The molecular weight excluding hydrogens is 268 g/mol. The van der Waals surface area contributed by atoms with Crippen molar-refractivity contribution in [2.75, 3.05) is 0 Å². The van der Waals surface area contributed by atoms with Gasteiger partial charge in [-0.2, -0.15) is 5.10 Å². The van der Waals surface area contributed by atoms with E-state index in [4.69, 9.17) is 12.2 Å². The minimum Gasteiger partial charge on any atom is -0.362 e. The Bertz CT molecular complexity index is 492. The van der Waals surface area contributed by atoms with Gasteiger partial charge in [0, 0.05) is 23.0 Å². The minimum atomic E-state index is 0.482. The molecule has 0 spiro atoms. The molecule has 0 aromatic carbocycles. The smallest absolute Gasteiger partial charge is 0.187 e. The Morgan fingerprint density at radius 1 is 1.40 bits per heavy atom. The predicted molar refractivity (Wildman–Crippen MR) is 88.2 cm³/mol. The molecule has 110 valence electrons. The quantitative estimate of drug-likeness (QED) is 0.456. The van der Waals surface area contributed by atoms with Crippen molar-refractivity contribution < 1.29 is 0 Å². The van der Waals surface area contributed by atoms with E-state index in [1.165, 1.54) is 25.7 Å². The average Bonchev–Trinajstić information content (AvgIpc) is 2.71. The molecule has 20 heavy (non-hydrogen) atoms. The van der Waals surface area contributed by atoms with E-state index in [-0.39, 0.29) is 0 Å². The summed E-state index contributed by atoms with van der Waals surface area (Å²) in [6.07, 6.45) is 6.91. The van der Waals surface area contributed by atoms with Crippen LogP contribution in [0.2, 0.25) is 0 Å². The van der Waals surface area contributed by atoms with Crippen LogP contribution < -0.4 is 10.7 Å². The van der Waals surface area contributed by atoms with E-state index in [1.54, 1.807) is 6.21 Å². The van der Waals surface area contributed by atoms with Gasteiger partial charge in [0.15, 0.2) is 5.11 Å². The van der Waals surface area contributed by atoms with Crippen molar-refractivity contribution in [1.29, 1.82) is 0 Å². The molecule has 1 saturated carbocycles. The van der Waals surface area contributed by atoms with Crippen LogP contribution in [0.5, 0.6) is 0 Å². The van der Waals surface area contributed by atoms with Gasteiger partial charge in [-0.15, -0.1) is 0 Å². The highest BCUT2D eigenvalue weighted by atomic mass is 32.1. The third-order valence-corrected chi connectivity index (χ3v) is 4.20. The number of aromatic amines is 1. The summed E-state index contributed by atoms with van der Waals surface area (Å²) >= 11 is 5.30. The molecule has 0 bridgehead atoms. The van der Waals surface area contributed by atoms with Crippen LogP contribution >= 0.6 is 12.2 Å². The summed E-state index contributed by atoms with van der Waals surface area (Å²) in [7, 11) is 0. The molecule has 2 atom stereocenters. The largest absolute Gasteiger partial charge is 0.362 e. The number of nitrogens with one attached hydrogen (secondary N) is 3. The van der Waals surface area contributed by atoms with Crippen molar-refractivity contribution in [3.05, 3.63) is 23.0 Å². The normalized spacial score (nSPS) is 22.9. The number of aryl methyl sites for hydroxylation is 2. The Morgan fingerprint density at radius 3 is 2.80 bits per heavy atom. The number of nitrogens with zero attached hydrogens (tertiary/aromatic N) is 1. The fourth-order valence-electron chi connectivity index (χ4n) is 2.77. The monoisotopic (exact) mass is 292 g/mol. The standard InChI is InChI=1S/C15H24N4S/c1-10-6-4-5-7-14(10)18-15(20)19-16-9-13-8-11(2)17-12(13)3/h8-10,14,17H,4-7H2,1-3H3,(H2,18,19,20)/b16-9+/t10-,14-/m1/s1. The van der Waals surface area contributed by atoms with Gasteiger partial charge in [-0.25, -0.2) is 0 Å². The van der Waals surface area contributed by atoms with Gasteiger partial charge in [0.25, 0.3) is 0 Å². The van der Waals surface area contributed by atoms with Crippen LogP contribution in [-0.4, -0.2) is 22.4 Å². The average molecular weight is 292 g/mol. The molecule has 0 radical (unpaired) electrons. The number of aromatic nitrogens is 1. The van der Waals surface area contributed by atoms with Gasteiger partial charge in [0.2, 0.25) is 0 Å². The van der Waals surface area contributed by atoms with Gasteiger partial charge >= 0.3 is 0 Å². The van der Waals surface area contributed by atoms with E-state index in [9.17, 15) is 0 Å². The van der Waals surface area contributed by atoms with E-state index in [0.29, 0.717) is 17.1 Å². The first-order chi connectivity index (χ1) is 9.56. The highest BCUT2D eigenvalue weighted by Crippen LogP contribution is 2.23. The molecule has 1 aromatic rings. The maximum atomic E-state index is 5.30. The van der Waals surface area contributed by atoms with Crippen molar-refractivity contribution in [2.45, 2.75) is 52.5 Å². The minimum absolute atomic E-state index is 0.482. The molecule has 4 nitrogen and oxygen atoms in total. The summed E-state index contributed by atoms with van der Waals surface area (Å²) in [5, 5.41) is 8.20. The number of H-pyrrole nitrogens is 1. The lowest BCUT2D eigenvalue weighted by atomic mass is 9.86. The molecule has 1 fully saturated rings. The summed E-state index contributed by atoms with van der Waals surface area (Å²) in [5.41, 5.74) is 6.26. The maximum Gasteiger partial charge on any atom is 0.187 e. The molecule has 0 unspecified atom stereocenters. The van der Waals surface area contributed by atoms with Gasteiger partial charge in [0.1, 0.15) is 0 Å². The van der Waals surface area contributed by atoms with Crippen molar-refractivity contribution in [1.82, 2.24) is 15.7 Å². The van der Waals surface area contributed by atoms with Crippen LogP contribution in [0, 0.1) is 19.8 Å². The SMILES string of the molecule is Cc1cc(/C=N/NC(=S)N[C@@H]2CCCC[C@H]2C)c(C)[nH]1. The Hall–Kier alpha value is -1.36. The second kappa shape index (κ2) is 6.88. The molecule has 0 amide bonds. The van der Waals surface area contributed by atoms with Crippen LogP contribution in [0.25, 0.3) is 0 Å². The number of hydrogen-bond acceptors (Lipinski definition) is 2. The maximum absolute atomic E-state index is 5.30. The first kappa shape index (κ1) is 15.0. The Kier molecular flexibility index (Phi) is 5.17. The van der Waals surface area contributed by atoms with Crippen LogP contribution in [0.3, 0.4) is 0 Å². The van der Waals surface area contributed by atoms with Crippen molar-refractivity contribution in [2.24, 2.45) is 11.0 Å². The zero-order valence-electron chi connectivity index (χ0n) is 12.5. The van der Waals surface area contributed by atoms with Gasteiger partial charge in [-0.1, -0.05) is 19.8 Å². The molecule has 1 aliphatic rings. The second-order valence-electron chi connectivity index (χ2n) is 5.74. The topological polar surface area (TPSA) is 52.2 Å². The van der Waals surface area contributed by atoms with Crippen LogP contribution in [0.15, 0.2) is 11.2 Å². The molecule has 2 rings (SSSR count). The van der Waals surface area contributed by atoms with Crippen LogP contribution in [0.1, 0.15) is 49.6 Å². The fraction of sp³-hybridized carbons (Fsp3) is 0.600. The first-order valence-electron chi connectivity index (χ1n) is 7.32. The molecular formula is C15H24N4S. The summed E-state index contributed by atoms with van der Waals surface area (Å²) in [5.74, 6) is 0.682. The highest BCUT2D eigenvalue weighted by Gasteiger charge is 2.21. The first-order valence-corrected chi connectivity index (χ1v) is 7.73. The number of hydrogen-bond donors (Lipinski definition) is 3. The molecule has 0 saturated heterocycles. The summed E-state index contributed by atoms with van der Waals surface area (Å²) in [4.78, 5) is 3.25. The van der Waals surface area contributed by atoms with E-state index in [0.717, 1.165) is 17.0 Å². The number of hydrazone groups is 1. The third-order valence-electron chi connectivity index (χ3n) is 3.99. The zero-order valence-corrected chi connectivity index (χ0v) is 13.3. The summed E-state index contributed by atoms with van der Waals surface area (Å²) in [6.45, 7) is 6.36. The molecule has 5 heteroatoms. The lowest BCUT2D eigenvalue weighted by Crippen LogP contribution is -2.44. The third kappa shape index (κ3) is 4.07. The van der Waals surface area contributed by atoms with Crippen LogP contribution in [0.4, 0.5) is 0 Å². The van der Waals surface area contributed by atoms with Crippen molar-refractivity contribution >= 4 is 23.5 Å².